The Bertz CT molecular complexity index is 525. The molecule has 0 radical (unpaired) electrons. The van der Waals surface area contributed by atoms with Crippen LogP contribution in [0.4, 0.5) is 0 Å². The van der Waals surface area contributed by atoms with Crippen molar-refractivity contribution in [2.45, 2.75) is 18.9 Å². The molecule has 3 nitrogen and oxygen atoms in total. The van der Waals surface area contributed by atoms with Gasteiger partial charge in [-0.25, -0.2) is 0 Å². The fourth-order valence-electron chi connectivity index (χ4n) is 2.06. The van der Waals surface area contributed by atoms with Crippen molar-refractivity contribution in [1.29, 1.82) is 0 Å². The Balaban J connectivity index is 1.87. The van der Waals surface area contributed by atoms with Crippen LogP contribution < -0.4 is 5.73 Å². The first-order valence-corrected chi connectivity index (χ1v) is 6.74. The molecule has 0 amide bonds. The fraction of sp³-hybridized carbons (Fsp3) is 0.235. The minimum Gasteiger partial charge on any atom is -0.461 e. The zero-order valence-corrected chi connectivity index (χ0v) is 11.4. The summed E-state index contributed by atoms with van der Waals surface area (Å²) in [7, 11) is 0. The van der Waals surface area contributed by atoms with Gasteiger partial charge in [0.05, 0.1) is 6.42 Å². The van der Waals surface area contributed by atoms with Gasteiger partial charge in [0.15, 0.2) is 0 Å². The van der Waals surface area contributed by atoms with E-state index in [1.54, 1.807) is 0 Å². The highest BCUT2D eigenvalue weighted by atomic mass is 16.5. The van der Waals surface area contributed by atoms with Crippen molar-refractivity contribution < 1.29 is 9.53 Å². The Morgan fingerprint density at radius 3 is 2.20 bits per heavy atom. The first kappa shape index (κ1) is 14.3. The number of rotatable bonds is 6. The smallest absolute Gasteiger partial charge is 0.306 e. The number of ether oxygens (including phenoxy) is 1. The fourth-order valence-corrected chi connectivity index (χ4v) is 2.06. The van der Waals surface area contributed by atoms with Crippen LogP contribution in [0.25, 0.3) is 0 Å². The van der Waals surface area contributed by atoms with Crippen LogP contribution in [0.2, 0.25) is 0 Å². The standard InChI is InChI=1S/C17H19NO2/c18-12-16(15-9-5-2-6-10-15)11-17(19)20-13-14-7-3-1-4-8-14/h1-10,16H,11-13,18H2. The van der Waals surface area contributed by atoms with Gasteiger partial charge >= 0.3 is 5.97 Å². The maximum atomic E-state index is 11.9. The molecule has 0 aliphatic rings. The molecule has 0 fully saturated rings. The third kappa shape index (κ3) is 4.21. The van der Waals surface area contributed by atoms with Crippen LogP contribution in [-0.4, -0.2) is 12.5 Å². The number of hydrogen-bond donors (Lipinski definition) is 1. The van der Waals surface area contributed by atoms with Crippen molar-refractivity contribution in [3.05, 3.63) is 71.8 Å². The Kier molecular flexibility index (Phi) is 5.33. The zero-order valence-electron chi connectivity index (χ0n) is 11.4. The lowest BCUT2D eigenvalue weighted by atomic mass is 9.96. The summed E-state index contributed by atoms with van der Waals surface area (Å²) in [6, 6.07) is 19.5. The number of esters is 1. The molecule has 104 valence electrons. The van der Waals surface area contributed by atoms with Crippen LogP contribution in [0.3, 0.4) is 0 Å². The number of hydrogen-bond acceptors (Lipinski definition) is 3. The second kappa shape index (κ2) is 7.46. The maximum absolute atomic E-state index is 11.9. The van der Waals surface area contributed by atoms with Crippen molar-refractivity contribution in [2.75, 3.05) is 6.54 Å². The molecule has 0 saturated heterocycles. The van der Waals surface area contributed by atoms with Crippen LogP contribution in [0.1, 0.15) is 23.5 Å². The molecule has 2 aromatic carbocycles. The van der Waals surface area contributed by atoms with Gasteiger partial charge in [0.1, 0.15) is 6.61 Å². The number of carbonyl (C=O) groups is 1. The largest absolute Gasteiger partial charge is 0.461 e. The Hall–Kier alpha value is -2.13. The third-order valence-electron chi connectivity index (χ3n) is 3.21. The molecule has 3 heteroatoms. The van der Waals surface area contributed by atoms with Gasteiger partial charge in [0, 0.05) is 5.92 Å². The molecule has 2 rings (SSSR count). The van der Waals surface area contributed by atoms with Gasteiger partial charge in [-0.15, -0.1) is 0 Å². The van der Waals surface area contributed by atoms with E-state index < -0.39 is 0 Å². The minimum atomic E-state index is -0.215. The van der Waals surface area contributed by atoms with Crippen LogP contribution in [0.15, 0.2) is 60.7 Å². The van der Waals surface area contributed by atoms with Crippen LogP contribution in [0, 0.1) is 0 Å². The molecule has 0 spiro atoms. The minimum absolute atomic E-state index is 0.0134. The summed E-state index contributed by atoms with van der Waals surface area (Å²) in [4.78, 5) is 11.9. The first-order valence-electron chi connectivity index (χ1n) is 6.74. The average molecular weight is 269 g/mol. The van der Waals surface area contributed by atoms with Gasteiger partial charge in [-0.3, -0.25) is 4.79 Å². The van der Waals surface area contributed by atoms with Crippen LogP contribution in [0.5, 0.6) is 0 Å². The quantitative estimate of drug-likeness (QED) is 0.820. The second-order valence-corrected chi connectivity index (χ2v) is 4.69. The van der Waals surface area contributed by atoms with Gasteiger partial charge in [-0.1, -0.05) is 60.7 Å². The zero-order chi connectivity index (χ0) is 14.2. The summed E-state index contributed by atoms with van der Waals surface area (Å²) in [5.74, 6) is -0.201. The molecular formula is C17H19NO2. The molecule has 20 heavy (non-hydrogen) atoms. The van der Waals surface area contributed by atoms with Crippen molar-refractivity contribution >= 4 is 5.97 Å². The van der Waals surface area contributed by atoms with Crippen molar-refractivity contribution in [3.63, 3.8) is 0 Å². The van der Waals surface area contributed by atoms with E-state index in [4.69, 9.17) is 10.5 Å². The van der Waals surface area contributed by atoms with E-state index in [1.165, 1.54) is 0 Å². The highest BCUT2D eigenvalue weighted by Gasteiger charge is 2.15. The molecule has 0 saturated carbocycles. The molecule has 0 bridgehead atoms. The average Bonchev–Trinajstić information content (AvgIpc) is 2.52. The predicted octanol–water partition coefficient (Wildman–Crippen LogP) is 2.86. The van der Waals surface area contributed by atoms with Gasteiger partial charge in [-0.2, -0.15) is 0 Å². The van der Waals surface area contributed by atoms with Crippen LogP contribution in [-0.2, 0) is 16.1 Å². The third-order valence-corrected chi connectivity index (χ3v) is 3.21. The highest BCUT2D eigenvalue weighted by molar-refractivity contribution is 5.70. The molecule has 1 atom stereocenters. The van der Waals surface area contributed by atoms with Gasteiger partial charge in [0.25, 0.3) is 0 Å². The Labute approximate surface area is 119 Å². The number of nitrogens with two attached hydrogens (primary N) is 1. The normalized spacial score (nSPS) is 11.8. The molecule has 2 N–H and O–H groups in total. The summed E-state index contributed by atoms with van der Waals surface area (Å²) in [6.07, 6.45) is 0.313. The first-order chi connectivity index (χ1) is 9.79. The summed E-state index contributed by atoms with van der Waals surface area (Å²) in [6.45, 7) is 0.746. The lowest BCUT2D eigenvalue weighted by molar-refractivity contribution is -0.145. The molecule has 1 unspecified atom stereocenters. The molecular weight excluding hydrogens is 250 g/mol. The summed E-state index contributed by atoms with van der Waals surface area (Å²) in [5, 5.41) is 0. The van der Waals surface area contributed by atoms with Gasteiger partial charge in [0.2, 0.25) is 0 Å². The molecule has 0 aliphatic carbocycles. The SMILES string of the molecule is NCC(CC(=O)OCc1ccccc1)c1ccccc1. The topological polar surface area (TPSA) is 52.3 Å². The van der Waals surface area contributed by atoms with E-state index in [1.807, 2.05) is 60.7 Å². The predicted molar refractivity (Wildman–Crippen MR) is 79.1 cm³/mol. The summed E-state index contributed by atoms with van der Waals surface area (Å²) in [5.41, 5.74) is 7.82. The molecule has 0 heterocycles. The summed E-state index contributed by atoms with van der Waals surface area (Å²) >= 11 is 0. The lowest BCUT2D eigenvalue weighted by Gasteiger charge is -2.14. The van der Waals surface area contributed by atoms with E-state index >= 15 is 0 Å². The number of benzene rings is 2. The van der Waals surface area contributed by atoms with E-state index in [0.717, 1.165) is 11.1 Å². The molecule has 2 aromatic rings. The van der Waals surface area contributed by atoms with Crippen molar-refractivity contribution in [2.24, 2.45) is 5.73 Å². The lowest BCUT2D eigenvalue weighted by Crippen LogP contribution is -2.18. The summed E-state index contributed by atoms with van der Waals surface area (Å²) < 4.78 is 5.29. The molecule has 0 aliphatic heterocycles. The maximum Gasteiger partial charge on any atom is 0.306 e. The highest BCUT2D eigenvalue weighted by Crippen LogP contribution is 2.18. The van der Waals surface area contributed by atoms with E-state index in [0.29, 0.717) is 19.6 Å². The Morgan fingerprint density at radius 2 is 1.60 bits per heavy atom. The Morgan fingerprint density at radius 1 is 1.00 bits per heavy atom. The van der Waals surface area contributed by atoms with E-state index in [9.17, 15) is 4.79 Å². The van der Waals surface area contributed by atoms with Gasteiger partial charge < -0.3 is 10.5 Å². The van der Waals surface area contributed by atoms with Gasteiger partial charge in [-0.05, 0) is 17.7 Å². The number of carbonyl (C=O) groups excluding carboxylic acids is 1. The van der Waals surface area contributed by atoms with Crippen molar-refractivity contribution in [3.8, 4) is 0 Å². The van der Waals surface area contributed by atoms with Crippen molar-refractivity contribution in [1.82, 2.24) is 0 Å². The molecule has 0 aromatic heterocycles. The van der Waals surface area contributed by atoms with Crippen LogP contribution >= 0.6 is 0 Å². The van der Waals surface area contributed by atoms with E-state index in [2.05, 4.69) is 0 Å². The van der Waals surface area contributed by atoms with E-state index in [-0.39, 0.29) is 11.9 Å². The second-order valence-electron chi connectivity index (χ2n) is 4.69. The monoisotopic (exact) mass is 269 g/mol.